The third kappa shape index (κ3) is 5.02. The number of nitrogens with zero attached hydrogens (tertiary/aromatic N) is 2. The van der Waals surface area contributed by atoms with Gasteiger partial charge in [-0.05, 0) is 42.0 Å². The van der Waals surface area contributed by atoms with E-state index in [-0.39, 0.29) is 22.0 Å². The number of methoxy groups -OCH3 is 1. The van der Waals surface area contributed by atoms with E-state index >= 15 is 0 Å². The van der Waals surface area contributed by atoms with E-state index in [0.717, 1.165) is 6.07 Å². The summed E-state index contributed by atoms with van der Waals surface area (Å²) in [7, 11) is -2.84. The molecular weight excluding hydrogens is 464 g/mol. The van der Waals surface area contributed by atoms with Crippen LogP contribution in [0.1, 0.15) is 5.56 Å². The van der Waals surface area contributed by atoms with E-state index in [1.54, 1.807) is 36.4 Å². The number of hydrazone groups is 1. The number of benzene rings is 3. The molecule has 1 heterocycles. The fraction of sp³-hybridized carbons (Fsp3) is 0.136. The lowest BCUT2D eigenvalue weighted by atomic mass is 10.2. The molecule has 0 aromatic heterocycles. The third-order valence-corrected chi connectivity index (χ3v) is 6.19. The smallest absolute Gasteiger partial charge is 0.270 e. The summed E-state index contributed by atoms with van der Waals surface area (Å²) in [5, 5.41) is 15.4. The number of ether oxygens (including phenoxy) is 3. The zero-order valence-corrected chi connectivity index (χ0v) is 18.7. The summed E-state index contributed by atoms with van der Waals surface area (Å²) < 4.78 is 44.9. The van der Waals surface area contributed by atoms with Gasteiger partial charge in [0, 0.05) is 12.1 Å². The lowest BCUT2D eigenvalue weighted by Gasteiger charge is -2.18. The maximum Gasteiger partial charge on any atom is 0.270 e. The van der Waals surface area contributed by atoms with Crippen LogP contribution in [0, 0.1) is 10.1 Å². The van der Waals surface area contributed by atoms with Gasteiger partial charge in [-0.15, -0.1) is 0 Å². The van der Waals surface area contributed by atoms with Crippen molar-refractivity contribution >= 4 is 33.3 Å². The van der Waals surface area contributed by atoms with Crippen LogP contribution in [0.15, 0.2) is 70.7 Å². The second-order valence-electron chi connectivity index (χ2n) is 7.02. The van der Waals surface area contributed by atoms with Gasteiger partial charge in [-0.2, -0.15) is 5.10 Å². The van der Waals surface area contributed by atoms with Crippen LogP contribution >= 0.6 is 0 Å². The maximum absolute atomic E-state index is 13.1. The maximum atomic E-state index is 13.1. The summed E-state index contributed by atoms with van der Waals surface area (Å²) in [5.74, 6) is 1.50. The van der Waals surface area contributed by atoms with Gasteiger partial charge in [0.1, 0.15) is 23.9 Å². The normalized spacial score (nSPS) is 12.9. The molecule has 2 N–H and O–H groups in total. The van der Waals surface area contributed by atoms with E-state index < -0.39 is 14.9 Å². The predicted octanol–water partition coefficient (Wildman–Crippen LogP) is 3.62. The first-order valence-corrected chi connectivity index (χ1v) is 11.5. The lowest BCUT2D eigenvalue weighted by molar-refractivity contribution is -0.385. The molecule has 34 heavy (non-hydrogen) atoms. The van der Waals surface area contributed by atoms with Gasteiger partial charge < -0.3 is 14.2 Å². The molecule has 0 aliphatic carbocycles. The first kappa shape index (κ1) is 22.9. The van der Waals surface area contributed by atoms with Crippen molar-refractivity contribution < 1.29 is 27.6 Å². The predicted molar refractivity (Wildman–Crippen MR) is 126 cm³/mol. The highest BCUT2D eigenvalue weighted by atomic mass is 32.2. The Labute approximate surface area is 195 Å². The molecule has 0 amide bonds. The van der Waals surface area contributed by atoms with Crippen LogP contribution in [0.5, 0.6) is 17.2 Å². The Morgan fingerprint density at radius 1 is 1.03 bits per heavy atom. The molecule has 4 rings (SSSR count). The van der Waals surface area contributed by atoms with Crippen LogP contribution in [-0.4, -0.2) is 39.9 Å². The van der Waals surface area contributed by atoms with Gasteiger partial charge in [-0.1, -0.05) is 12.1 Å². The van der Waals surface area contributed by atoms with Gasteiger partial charge in [-0.3, -0.25) is 20.3 Å². The van der Waals surface area contributed by atoms with Crippen LogP contribution in [0.25, 0.3) is 0 Å². The highest BCUT2D eigenvalue weighted by Gasteiger charge is 2.24. The van der Waals surface area contributed by atoms with Gasteiger partial charge in [-0.25, -0.2) is 8.42 Å². The van der Waals surface area contributed by atoms with Gasteiger partial charge >= 0.3 is 0 Å². The minimum atomic E-state index is -4.25. The van der Waals surface area contributed by atoms with Crippen molar-refractivity contribution in [3.63, 3.8) is 0 Å². The quantitative estimate of drug-likeness (QED) is 0.281. The Bertz CT molecular complexity index is 1360. The summed E-state index contributed by atoms with van der Waals surface area (Å²) in [6, 6.07) is 15.1. The van der Waals surface area contributed by atoms with Crippen molar-refractivity contribution in [3.05, 3.63) is 76.3 Å². The monoisotopic (exact) mass is 484 g/mol. The zero-order chi connectivity index (χ0) is 24.1. The van der Waals surface area contributed by atoms with Crippen molar-refractivity contribution in [1.29, 1.82) is 0 Å². The second kappa shape index (κ2) is 9.67. The largest absolute Gasteiger partial charge is 0.495 e. The van der Waals surface area contributed by atoms with Gasteiger partial charge in [0.2, 0.25) is 0 Å². The van der Waals surface area contributed by atoms with Gasteiger partial charge in [0.15, 0.2) is 11.5 Å². The number of non-ortho nitro benzene ring substituents is 1. The minimum Gasteiger partial charge on any atom is -0.495 e. The molecule has 3 aromatic carbocycles. The molecule has 0 spiro atoms. The van der Waals surface area contributed by atoms with Crippen LogP contribution in [0.3, 0.4) is 0 Å². The molecule has 1 aliphatic heterocycles. The fourth-order valence-corrected chi connectivity index (χ4v) is 4.43. The molecule has 176 valence electrons. The van der Waals surface area contributed by atoms with Gasteiger partial charge in [0.25, 0.3) is 15.7 Å². The number of nitro benzene ring substituents is 1. The Morgan fingerprint density at radius 2 is 1.79 bits per heavy atom. The summed E-state index contributed by atoms with van der Waals surface area (Å²) >= 11 is 0. The molecular formula is C22H20N4O7S. The summed E-state index contributed by atoms with van der Waals surface area (Å²) in [5.41, 5.74) is 3.17. The van der Waals surface area contributed by atoms with E-state index in [1.165, 1.54) is 31.5 Å². The van der Waals surface area contributed by atoms with E-state index in [4.69, 9.17) is 14.2 Å². The Hall–Kier alpha value is -4.32. The topological polar surface area (TPSA) is 141 Å². The van der Waals surface area contributed by atoms with Crippen LogP contribution < -0.4 is 24.4 Å². The van der Waals surface area contributed by atoms with Crippen LogP contribution in [0.4, 0.5) is 17.1 Å². The Balaban J connectivity index is 1.63. The fourth-order valence-electron chi connectivity index (χ4n) is 3.18. The highest BCUT2D eigenvalue weighted by molar-refractivity contribution is 7.93. The highest BCUT2D eigenvalue weighted by Crippen LogP contribution is 2.32. The Kier molecular flexibility index (Phi) is 6.50. The molecule has 0 atom stereocenters. The average Bonchev–Trinajstić information content (AvgIpc) is 2.84. The van der Waals surface area contributed by atoms with E-state index in [9.17, 15) is 18.5 Å². The van der Waals surface area contributed by atoms with Crippen molar-refractivity contribution in [1.82, 2.24) is 0 Å². The summed E-state index contributed by atoms with van der Waals surface area (Å²) in [4.78, 5) is 10.2. The minimum absolute atomic E-state index is 0.0433. The number of hydrogen-bond donors (Lipinski definition) is 2. The molecule has 0 fully saturated rings. The van der Waals surface area contributed by atoms with E-state index in [1.807, 2.05) is 0 Å². The molecule has 3 aromatic rings. The lowest BCUT2D eigenvalue weighted by Crippen LogP contribution is -2.16. The number of rotatable bonds is 8. The number of sulfonamides is 1. The molecule has 0 unspecified atom stereocenters. The molecule has 0 bridgehead atoms. The van der Waals surface area contributed by atoms with Crippen LogP contribution in [0.2, 0.25) is 0 Å². The van der Waals surface area contributed by atoms with Crippen molar-refractivity contribution in [2.75, 3.05) is 30.5 Å². The number of anilines is 2. The molecule has 1 aliphatic rings. The molecule has 12 heteroatoms. The number of fused-ring (bicyclic) bond motifs is 1. The molecule has 0 radical (unpaired) electrons. The SMILES string of the molecule is COc1ccccc1NS(=O)(=O)c1cc([N+](=O)[O-])ccc1N/N=C/c1ccc2c(c1)OCCO2. The van der Waals surface area contributed by atoms with Crippen molar-refractivity contribution in [2.24, 2.45) is 5.10 Å². The number of hydrogen-bond acceptors (Lipinski definition) is 9. The average molecular weight is 484 g/mol. The molecule has 11 nitrogen and oxygen atoms in total. The number of nitro groups is 1. The zero-order valence-electron chi connectivity index (χ0n) is 17.9. The standard InChI is InChI=1S/C22H20N4O7S/c1-31-19-5-3-2-4-17(19)25-34(29,30)22-13-16(26(27)28)7-8-18(22)24-23-14-15-6-9-20-21(12-15)33-11-10-32-20/h2-9,12-14,24-25H,10-11H2,1H3/b23-14+. The van der Waals surface area contributed by atoms with Gasteiger partial charge in [0.05, 0.1) is 29.6 Å². The van der Waals surface area contributed by atoms with Crippen molar-refractivity contribution in [3.8, 4) is 17.2 Å². The number of nitrogens with one attached hydrogen (secondary N) is 2. The summed E-state index contributed by atoms with van der Waals surface area (Å²) in [6.45, 7) is 0.914. The van der Waals surface area contributed by atoms with Crippen LogP contribution in [-0.2, 0) is 10.0 Å². The van der Waals surface area contributed by atoms with Crippen molar-refractivity contribution in [2.45, 2.75) is 4.90 Å². The molecule has 0 saturated carbocycles. The number of para-hydroxylation sites is 2. The molecule has 0 saturated heterocycles. The van der Waals surface area contributed by atoms with E-state index in [0.29, 0.717) is 36.0 Å². The second-order valence-corrected chi connectivity index (χ2v) is 8.67. The first-order valence-electron chi connectivity index (χ1n) is 10.0. The Morgan fingerprint density at radius 3 is 2.56 bits per heavy atom. The van der Waals surface area contributed by atoms with E-state index in [2.05, 4.69) is 15.2 Å². The summed E-state index contributed by atoms with van der Waals surface area (Å²) in [6.07, 6.45) is 1.46. The third-order valence-electron chi connectivity index (χ3n) is 4.78. The first-order chi connectivity index (χ1) is 16.4.